The number of rotatable bonds is 4. The second-order valence-electron chi connectivity index (χ2n) is 11.6. The third kappa shape index (κ3) is 3.92. The van der Waals surface area contributed by atoms with Crippen LogP contribution in [-0.2, 0) is 5.41 Å². The summed E-state index contributed by atoms with van der Waals surface area (Å²) in [6.45, 7) is 4.66. The molecule has 3 heteroatoms. The van der Waals surface area contributed by atoms with Crippen molar-refractivity contribution in [3.8, 4) is 22.3 Å². The summed E-state index contributed by atoms with van der Waals surface area (Å²) in [6.07, 6.45) is 0. The van der Waals surface area contributed by atoms with Gasteiger partial charge in [-0.05, 0) is 94.0 Å². The summed E-state index contributed by atoms with van der Waals surface area (Å²) in [6, 6.07) is 47.8. The van der Waals surface area contributed by atoms with Gasteiger partial charge in [-0.2, -0.15) is 0 Å². The minimum atomic E-state index is -0.118. The molecular formula is C39H28BrNO. The first-order valence-electron chi connectivity index (χ1n) is 14.3. The number of fused-ring (bicyclic) bond motifs is 6. The minimum Gasteiger partial charge on any atom is -0.456 e. The summed E-state index contributed by atoms with van der Waals surface area (Å²) in [5.74, 6) is 0. The number of hydrogen-bond acceptors (Lipinski definition) is 2. The van der Waals surface area contributed by atoms with Crippen LogP contribution in [-0.4, -0.2) is 0 Å². The van der Waals surface area contributed by atoms with Crippen molar-refractivity contribution in [3.63, 3.8) is 0 Å². The second kappa shape index (κ2) is 9.47. The number of para-hydroxylation sites is 1. The van der Waals surface area contributed by atoms with E-state index < -0.39 is 0 Å². The molecule has 1 aliphatic carbocycles. The highest BCUT2D eigenvalue weighted by Gasteiger charge is 2.36. The summed E-state index contributed by atoms with van der Waals surface area (Å²) < 4.78 is 7.30. The van der Waals surface area contributed by atoms with Crippen LogP contribution in [0.3, 0.4) is 0 Å². The summed E-state index contributed by atoms with van der Waals surface area (Å²) >= 11 is 3.70. The van der Waals surface area contributed by atoms with E-state index in [0.717, 1.165) is 43.5 Å². The Bertz CT molecular complexity index is 2140. The number of anilines is 3. The van der Waals surface area contributed by atoms with E-state index in [9.17, 15) is 0 Å². The molecule has 0 fully saturated rings. The van der Waals surface area contributed by atoms with Crippen molar-refractivity contribution in [1.29, 1.82) is 0 Å². The topological polar surface area (TPSA) is 16.4 Å². The molecule has 0 aliphatic heterocycles. The maximum atomic E-state index is 6.19. The summed E-state index contributed by atoms with van der Waals surface area (Å²) in [5.41, 5.74) is 12.7. The lowest BCUT2D eigenvalue weighted by Crippen LogP contribution is -2.16. The molecule has 0 amide bonds. The molecule has 42 heavy (non-hydrogen) atoms. The van der Waals surface area contributed by atoms with Crippen molar-refractivity contribution in [3.05, 3.63) is 149 Å². The zero-order chi connectivity index (χ0) is 28.4. The highest BCUT2D eigenvalue weighted by Crippen LogP contribution is 2.51. The molecule has 1 aromatic heterocycles. The van der Waals surface area contributed by atoms with Gasteiger partial charge in [-0.1, -0.05) is 103 Å². The van der Waals surface area contributed by atoms with Crippen LogP contribution in [0, 0.1) is 0 Å². The van der Waals surface area contributed by atoms with Crippen LogP contribution in [0.4, 0.5) is 17.1 Å². The molecule has 0 bridgehead atoms. The molecule has 1 heterocycles. The maximum absolute atomic E-state index is 6.19. The summed E-state index contributed by atoms with van der Waals surface area (Å²) in [7, 11) is 0. The van der Waals surface area contributed by atoms with Gasteiger partial charge in [0.2, 0.25) is 0 Å². The van der Waals surface area contributed by atoms with Crippen LogP contribution >= 0.6 is 15.9 Å². The first-order valence-corrected chi connectivity index (χ1v) is 15.1. The largest absolute Gasteiger partial charge is 0.456 e. The van der Waals surface area contributed by atoms with Crippen molar-refractivity contribution in [2.75, 3.05) is 4.90 Å². The molecule has 0 radical (unpaired) electrons. The molecule has 7 aromatic rings. The molecule has 0 atom stereocenters. The smallest absolute Gasteiger partial charge is 0.135 e. The van der Waals surface area contributed by atoms with Gasteiger partial charge in [-0.25, -0.2) is 0 Å². The average Bonchev–Trinajstić information content (AvgIpc) is 3.49. The van der Waals surface area contributed by atoms with Gasteiger partial charge in [0.1, 0.15) is 11.2 Å². The van der Waals surface area contributed by atoms with Gasteiger partial charge in [0.05, 0.1) is 0 Å². The lowest BCUT2D eigenvalue weighted by molar-refractivity contribution is 0.660. The normalized spacial score (nSPS) is 13.3. The molecule has 6 aromatic carbocycles. The van der Waals surface area contributed by atoms with Gasteiger partial charge < -0.3 is 9.32 Å². The molecular weight excluding hydrogens is 578 g/mol. The van der Waals surface area contributed by atoms with E-state index >= 15 is 0 Å². The van der Waals surface area contributed by atoms with E-state index in [4.69, 9.17) is 4.42 Å². The monoisotopic (exact) mass is 605 g/mol. The van der Waals surface area contributed by atoms with Crippen molar-refractivity contribution < 1.29 is 4.42 Å². The molecule has 8 rings (SSSR count). The van der Waals surface area contributed by atoms with Gasteiger partial charge in [-0.15, -0.1) is 0 Å². The van der Waals surface area contributed by atoms with Gasteiger partial charge in [0.25, 0.3) is 0 Å². The predicted octanol–water partition coefficient (Wildman–Crippen LogP) is 11.8. The first-order chi connectivity index (χ1) is 20.5. The minimum absolute atomic E-state index is 0.118. The number of benzene rings is 6. The Morgan fingerprint density at radius 2 is 1.17 bits per heavy atom. The number of hydrogen-bond donors (Lipinski definition) is 0. The van der Waals surface area contributed by atoms with Gasteiger partial charge >= 0.3 is 0 Å². The fourth-order valence-electron chi connectivity index (χ4n) is 6.59. The van der Waals surface area contributed by atoms with E-state index in [0.29, 0.717) is 0 Å². The molecule has 0 unspecified atom stereocenters. The lowest BCUT2D eigenvalue weighted by Gasteiger charge is -2.28. The molecule has 2 nitrogen and oxygen atoms in total. The standard InChI is InChI=1S/C39H28BrNO/c1-39(2)35-22-27(40)15-18-31(35)32-19-16-30(24-36(32)39)41(28-12-8-11-26(21-28)25-9-4-3-5-10-25)29-17-20-38-34(23-29)33-13-6-7-14-37(33)42-38/h3-24H,1-2H3. The van der Waals surface area contributed by atoms with Gasteiger partial charge in [0.15, 0.2) is 0 Å². The van der Waals surface area contributed by atoms with Gasteiger partial charge in [0, 0.05) is 37.7 Å². The third-order valence-electron chi connectivity index (χ3n) is 8.71. The van der Waals surface area contributed by atoms with E-state index in [1.54, 1.807) is 0 Å². The number of halogens is 1. The third-order valence-corrected chi connectivity index (χ3v) is 9.20. The highest BCUT2D eigenvalue weighted by molar-refractivity contribution is 9.10. The van der Waals surface area contributed by atoms with Crippen molar-refractivity contribution >= 4 is 54.9 Å². The van der Waals surface area contributed by atoms with E-state index in [-0.39, 0.29) is 5.41 Å². The Balaban J connectivity index is 1.34. The van der Waals surface area contributed by atoms with Crippen LogP contribution in [0.15, 0.2) is 142 Å². The predicted molar refractivity (Wildman–Crippen MR) is 179 cm³/mol. The zero-order valence-electron chi connectivity index (χ0n) is 23.4. The summed E-state index contributed by atoms with van der Waals surface area (Å²) in [5, 5.41) is 2.24. The SMILES string of the molecule is CC1(C)c2cc(Br)ccc2-c2ccc(N(c3cccc(-c4ccccc4)c3)c3ccc4oc5ccccc5c4c3)cc21. The molecule has 0 N–H and O–H groups in total. The van der Waals surface area contributed by atoms with Crippen LogP contribution in [0.2, 0.25) is 0 Å². The lowest BCUT2D eigenvalue weighted by atomic mass is 9.82. The average molecular weight is 607 g/mol. The second-order valence-corrected chi connectivity index (χ2v) is 12.5. The van der Waals surface area contributed by atoms with E-state index in [1.807, 2.05) is 12.1 Å². The Hall–Kier alpha value is -4.60. The zero-order valence-corrected chi connectivity index (χ0v) is 25.0. The van der Waals surface area contributed by atoms with Gasteiger partial charge in [-0.3, -0.25) is 0 Å². The quantitative estimate of drug-likeness (QED) is 0.198. The van der Waals surface area contributed by atoms with Crippen LogP contribution < -0.4 is 4.90 Å². The fraction of sp³-hybridized carbons (Fsp3) is 0.0769. The Morgan fingerprint density at radius 1 is 0.524 bits per heavy atom. The summed E-state index contributed by atoms with van der Waals surface area (Å²) in [4.78, 5) is 2.38. The van der Waals surface area contributed by atoms with E-state index in [1.165, 1.54) is 33.4 Å². The number of nitrogens with zero attached hydrogens (tertiary/aromatic N) is 1. The van der Waals surface area contributed by atoms with Crippen LogP contribution in [0.25, 0.3) is 44.2 Å². The molecule has 0 saturated carbocycles. The van der Waals surface area contributed by atoms with Crippen molar-refractivity contribution in [2.45, 2.75) is 19.3 Å². The Labute approximate surface area is 254 Å². The maximum Gasteiger partial charge on any atom is 0.135 e. The van der Waals surface area contributed by atoms with Crippen LogP contribution in [0.1, 0.15) is 25.0 Å². The molecule has 1 aliphatic rings. The molecule has 0 spiro atoms. The highest BCUT2D eigenvalue weighted by atomic mass is 79.9. The van der Waals surface area contributed by atoms with E-state index in [2.05, 4.69) is 156 Å². The van der Waals surface area contributed by atoms with Crippen molar-refractivity contribution in [2.24, 2.45) is 0 Å². The first kappa shape index (κ1) is 25.1. The number of furan rings is 1. The van der Waals surface area contributed by atoms with Crippen LogP contribution in [0.5, 0.6) is 0 Å². The molecule has 202 valence electrons. The fourth-order valence-corrected chi connectivity index (χ4v) is 6.95. The Morgan fingerprint density at radius 3 is 2.02 bits per heavy atom. The Kier molecular flexibility index (Phi) is 5.67. The molecule has 0 saturated heterocycles. The van der Waals surface area contributed by atoms with Crippen molar-refractivity contribution in [1.82, 2.24) is 0 Å².